The summed E-state index contributed by atoms with van der Waals surface area (Å²) in [5.74, 6) is 0.487. The quantitative estimate of drug-likeness (QED) is 0.821. The van der Waals surface area contributed by atoms with E-state index in [-0.39, 0.29) is 29.6 Å². The highest BCUT2D eigenvalue weighted by molar-refractivity contribution is 7.12. The van der Waals surface area contributed by atoms with Crippen LogP contribution in [0.2, 0.25) is 0 Å². The molecular weight excluding hydrogens is 374 g/mol. The molecule has 0 aromatic carbocycles. The maximum absolute atomic E-state index is 13.3. The Balaban J connectivity index is 1.43. The molecule has 28 heavy (non-hydrogen) atoms. The van der Waals surface area contributed by atoms with E-state index in [0.29, 0.717) is 18.0 Å². The summed E-state index contributed by atoms with van der Waals surface area (Å²) in [5.41, 5.74) is 0. The van der Waals surface area contributed by atoms with Gasteiger partial charge in [0.2, 0.25) is 11.8 Å². The fourth-order valence-electron chi connectivity index (χ4n) is 4.35. The van der Waals surface area contributed by atoms with Crippen molar-refractivity contribution in [3.63, 3.8) is 0 Å². The Labute approximate surface area is 170 Å². The first kappa shape index (κ1) is 19.4. The van der Waals surface area contributed by atoms with Crippen molar-refractivity contribution in [2.24, 2.45) is 11.8 Å². The van der Waals surface area contributed by atoms with E-state index in [9.17, 15) is 14.4 Å². The summed E-state index contributed by atoms with van der Waals surface area (Å²) in [4.78, 5) is 42.8. The van der Waals surface area contributed by atoms with Crippen molar-refractivity contribution >= 4 is 29.1 Å². The fourth-order valence-corrected chi connectivity index (χ4v) is 4.98. The molecule has 2 saturated heterocycles. The molecule has 3 fully saturated rings. The third-order valence-corrected chi connectivity index (χ3v) is 7.08. The van der Waals surface area contributed by atoms with Gasteiger partial charge in [-0.25, -0.2) is 0 Å². The van der Waals surface area contributed by atoms with Crippen molar-refractivity contribution in [3.8, 4) is 0 Å². The average Bonchev–Trinajstić information content (AvgIpc) is 3.45. The summed E-state index contributed by atoms with van der Waals surface area (Å²) in [5, 5.41) is 4.92. The summed E-state index contributed by atoms with van der Waals surface area (Å²) in [7, 11) is 0. The molecule has 1 aromatic heterocycles. The number of amides is 3. The Hall–Kier alpha value is -1.89. The lowest BCUT2D eigenvalue weighted by molar-refractivity contribution is -0.137. The molecule has 1 saturated carbocycles. The van der Waals surface area contributed by atoms with E-state index in [1.54, 1.807) is 6.07 Å². The molecule has 3 aliphatic rings. The van der Waals surface area contributed by atoms with Gasteiger partial charge in [-0.05, 0) is 62.3 Å². The first-order valence-corrected chi connectivity index (χ1v) is 11.4. The first-order valence-electron chi connectivity index (χ1n) is 10.6. The van der Waals surface area contributed by atoms with Crippen LogP contribution in [0.3, 0.4) is 0 Å². The second-order valence-corrected chi connectivity index (χ2v) is 9.20. The number of carbonyl (C=O) groups excluding carboxylic acids is 3. The summed E-state index contributed by atoms with van der Waals surface area (Å²) in [6.07, 6.45) is 6.81. The van der Waals surface area contributed by atoms with Crippen LogP contribution in [-0.4, -0.2) is 59.7 Å². The lowest BCUT2D eigenvalue weighted by atomic mass is 9.87. The van der Waals surface area contributed by atoms with E-state index in [1.807, 2.05) is 21.2 Å². The second kappa shape index (κ2) is 8.64. The van der Waals surface area contributed by atoms with Gasteiger partial charge in [0, 0.05) is 32.1 Å². The molecule has 4 rings (SSSR count). The van der Waals surface area contributed by atoms with E-state index < -0.39 is 6.04 Å². The van der Waals surface area contributed by atoms with Crippen molar-refractivity contribution in [1.29, 1.82) is 0 Å². The molecule has 1 aliphatic carbocycles. The molecule has 3 amide bonds. The van der Waals surface area contributed by atoms with Gasteiger partial charge >= 0.3 is 0 Å². The third kappa shape index (κ3) is 4.40. The van der Waals surface area contributed by atoms with Gasteiger partial charge in [-0.3, -0.25) is 14.4 Å². The number of hydrogen-bond acceptors (Lipinski definition) is 4. The van der Waals surface area contributed by atoms with E-state index in [4.69, 9.17) is 0 Å². The topological polar surface area (TPSA) is 69.7 Å². The monoisotopic (exact) mass is 403 g/mol. The predicted molar refractivity (Wildman–Crippen MR) is 108 cm³/mol. The number of nitrogens with zero attached hydrogens (tertiary/aromatic N) is 2. The zero-order valence-electron chi connectivity index (χ0n) is 16.3. The Kier molecular flexibility index (Phi) is 5.99. The second-order valence-electron chi connectivity index (χ2n) is 8.25. The molecule has 6 nitrogen and oxygen atoms in total. The number of nitrogens with one attached hydrogen (secondary N) is 1. The Bertz CT molecular complexity index is 702. The van der Waals surface area contributed by atoms with Crippen molar-refractivity contribution in [2.45, 2.75) is 51.0 Å². The number of piperidine rings is 2. The molecule has 2 aliphatic heterocycles. The molecular formula is C21H29N3O3S. The summed E-state index contributed by atoms with van der Waals surface area (Å²) in [6, 6.07) is 3.15. The van der Waals surface area contributed by atoms with Crippen molar-refractivity contribution in [3.05, 3.63) is 22.4 Å². The SMILES string of the molecule is O=C(N[C@H](C(=O)N1CCCCC1)C1CCN(C(=O)C2CC2)CC1)c1cccs1. The normalized spacial score (nSPS) is 22.0. The van der Waals surface area contributed by atoms with Crippen molar-refractivity contribution in [1.82, 2.24) is 15.1 Å². The van der Waals surface area contributed by atoms with Crippen LogP contribution in [0.1, 0.15) is 54.6 Å². The summed E-state index contributed by atoms with van der Waals surface area (Å²) < 4.78 is 0. The number of thiophene rings is 1. The molecule has 152 valence electrons. The van der Waals surface area contributed by atoms with E-state index in [0.717, 1.165) is 58.0 Å². The third-order valence-electron chi connectivity index (χ3n) is 6.21. The van der Waals surface area contributed by atoms with Crippen LogP contribution in [0.25, 0.3) is 0 Å². The Morgan fingerprint density at radius 3 is 2.29 bits per heavy atom. The molecule has 0 bridgehead atoms. The Morgan fingerprint density at radius 1 is 0.964 bits per heavy atom. The molecule has 1 aromatic rings. The van der Waals surface area contributed by atoms with Crippen molar-refractivity contribution < 1.29 is 14.4 Å². The maximum atomic E-state index is 13.3. The minimum absolute atomic E-state index is 0.0524. The minimum Gasteiger partial charge on any atom is -0.342 e. The number of rotatable bonds is 5. The molecule has 0 spiro atoms. The molecule has 0 radical (unpaired) electrons. The molecule has 1 atom stereocenters. The van der Waals surface area contributed by atoms with E-state index in [1.165, 1.54) is 11.3 Å². The smallest absolute Gasteiger partial charge is 0.262 e. The Morgan fingerprint density at radius 2 is 1.68 bits per heavy atom. The predicted octanol–water partition coefficient (Wildman–Crippen LogP) is 2.51. The summed E-state index contributed by atoms with van der Waals surface area (Å²) >= 11 is 1.39. The maximum Gasteiger partial charge on any atom is 0.262 e. The van der Waals surface area contributed by atoms with Crippen LogP contribution in [0, 0.1) is 11.8 Å². The number of likely N-dealkylation sites (tertiary alicyclic amines) is 2. The van der Waals surface area contributed by atoms with Crippen molar-refractivity contribution in [2.75, 3.05) is 26.2 Å². The van der Waals surface area contributed by atoms with Gasteiger partial charge in [0.25, 0.3) is 5.91 Å². The van der Waals surface area contributed by atoms with Gasteiger partial charge in [0.15, 0.2) is 0 Å². The fraction of sp³-hybridized carbons (Fsp3) is 0.667. The molecule has 0 unspecified atom stereocenters. The van der Waals surface area contributed by atoms with Crippen LogP contribution in [0.15, 0.2) is 17.5 Å². The van der Waals surface area contributed by atoms with Gasteiger partial charge in [0.1, 0.15) is 6.04 Å². The van der Waals surface area contributed by atoms with Gasteiger partial charge in [-0.2, -0.15) is 0 Å². The van der Waals surface area contributed by atoms with Gasteiger partial charge < -0.3 is 15.1 Å². The zero-order chi connectivity index (χ0) is 19.5. The van der Waals surface area contributed by atoms with Crippen LogP contribution in [0.5, 0.6) is 0 Å². The molecule has 3 heterocycles. The van der Waals surface area contributed by atoms with Crippen LogP contribution >= 0.6 is 11.3 Å². The van der Waals surface area contributed by atoms with Gasteiger partial charge in [-0.1, -0.05) is 6.07 Å². The largest absolute Gasteiger partial charge is 0.342 e. The van der Waals surface area contributed by atoms with E-state index in [2.05, 4.69) is 5.32 Å². The highest BCUT2D eigenvalue weighted by Gasteiger charge is 2.39. The van der Waals surface area contributed by atoms with Crippen LogP contribution < -0.4 is 5.32 Å². The number of hydrogen-bond donors (Lipinski definition) is 1. The van der Waals surface area contributed by atoms with Crippen LogP contribution in [-0.2, 0) is 9.59 Å². The lowest BCUT2D eigenvalue weighted by Gasteiger charge is -2.38. The molecule has 1 N–H and O–H groups in total. The average molecular weight is 404 g/mol. The highest BCUT2D eigenvalue weighted by atomic mass is 32.1. The molecule has 7 heteroatoms. The van der Waals surface area contributed by atoms with E-state index >= 15 is 0 Å². The minimum atomic E-state index is -0.495. The van der Waals surface area contributed by atoms with Gasteiger partial charge in [-0.15, -0.1) is 11.3 Å². The summed E-state index contributed by atoms with van der Waals surface area (Å²) in [6.45, 7) is 2.95. The van der Waals surface area contributed by atoms with Crippen LogP contribution in [0.4, 0.5) is 0 Å². The highest BCUT2D eigenvalue weighted by Crippen LogP contribution is 2.33. The number of carbonyl (C=O) groups is 3. The standard InChI is InChI=1S/C21H29N3O3S/c25-19(17-5-4-14-28-17)22-18(21(27)23-10-2-1-3-11-23)15-8-12-24(13-9-15)20(26)16-6-7-16/h4-5,14-16,18H,1-3,6-13H2,(H,22,25)/t18-/m0/s1. The lowest BCUT2D eigenvalue weighted by Crippen LogP contribution is -2.55. The zero-order valence-corrected chi connectivity index (χ0v) is 17.1. The first-order chi connectivity index (χ1) is 13.6. The van der Waals surface area contributed by atoms with Gasteiger partial charge in [0.05, 0.1) is 4.88 Å².